The molecule has 3 aromatic carbocycles. The first-order valence-corrected chi connectivity index (χ1v) is 13.9. The third kappa shape index (κ3) is 7.04. The highest BCUT2D eigenvalue weighted by Gasteiger charge is 2.35. The zero-order valence-electron chi connectivity index (χ0n) is 22.1. The van der Waals surface area contributed by atoms with Crippen molar-refractivity contribution in [2.45, 2.75) is 25.4 Å². The lowest BCUT2D eigenvalue weighted by Crippen LogP contribution is -2.52. The van der Waals surface area contributed by atoms with E-state index in [0.29, 0.717) is 23.4 Å². The average Bonchev–Trinajstić information content (AvgIpc) is 3.45. The Morgan fingerprint density at radius 3 is 2.33 bits per heavy atom. The number of allylic oxidation sites excluding steroid dienone is 1. The molecule has 1 amide bonds. The first-order valence-electron chi connectivity index (χ1n) is 12.6. The molecule has 0 aliphatic heterocycles. The smallest absolute Gasteiger partial charge is 0.329 e. The van der Waals surface area contributed by atoms with Crippen LogP contribution in [-0.4, -0.2) is 44.1 Å². The summed E-state index contributed by atoms with van der Waals surface area (Å²) in [5, 5.41) is 12.5. The maximum absolute atomic E-state index is 13.7. The molecular weight excluding hydrogens is 532 g/mol. The minimum Gasteiger partial charge on any atom is -0.480 e. The second-order valence-corrected chi connectivity index (χ2v) is 10.5. The molecule has 0 spiro atoms. The van der Waals surface area contributed by atoms with Gasteiger partial charge in [0.1, 0.15) is 17.2 Å². The molecule has 0 unspecified atom stereocenters. The molecular formula is C31H29F2N3O3S. The number of rotatable bonds is 11. The Bertz CT molecular complexity index is 1500. The van der Waals surface area contributed by atoms with Crippen LogP contribution in [0.2, 0.25) is 0 Å². The fourth-order valence-electron chi connectivity index (χ4n) is 4.23. The number of amides is 1. The number of nitrogens with zero attached hydrogens (tertiary/aromatic N) is 2. The van der Waals surface area contributed by atoms with Crippen molar-refractivity contribution in [1.29, 1.82) is 0 Å². The maximum Gasteiger partial charge on any atom is 0.329 e. The van der Waals surface area contributed by atoms with Crippen molar-refractivity contribution < 1.29 is 23.5 Å². The molecule has 1 atom stereocenters. The van der Waals surface area contributed by atoms with E-state index < -0.39 is 23.2 Å². The molecule has 40 heavy (non-hydrogen) atoms. The summed E-state index contributed by atoms with van der Waals surface area (Å²) in [6, 6.07) is 17.1. The fourth-order valence-corrected chi connectivity index (χ4v) is 4.84. The highest BCUT2D eigenvalue weighted by atomic mass is 32.2. The van der Waals surface area contributed by atoms with Crippen molar-refractivity contribution in [2.75, 3.05) is 12.0 Å². The summed E-state index contributed by atoms with van der Waals surface area (Å²) in [4.78, 5) is 29.6. The van der Waals surface area contributed by atoms with Crippen LogP contribution >= 0.6 is 11.8 Å². The molecule has 206 valence electrons. The summed E-state index contributed by atoms with van der Waals surface area (Å²) in [5.74, 6) is -1.87. The van der Waals surface area contributed by atoms with Crippen LogP contribution in [0.25, 0.3) is 22.8 Å². The number of aliphatic carboxylic acids is 1. The number of benzene rings is 3. The molecule has 9 heteroatoms. The zero-order chi connectivity index (χ0) is 28.7. The van der Waals surface area contributed by atoms with Gasteiger partial charge in [-0.25, -0.2) is 18.6 Å². The van der Waals surface area contributed by atoms with Crippen LogP contribution in [0, 0.1) is 11.6 Å². The number of imidazole rings is 1. The Hall–Kier alpha value is -4.24. The summed E-state index contributed by atoms with van der Waals surface area (Å²) >= 11 is 1.49. The molecule has 0 bridgehead atoms. The van der Waals surface area contributed by atoms with Gasteiger partial charge in [0.2, 0.25) is 0 Å². The van der Waals surface area contributed by atoms with Crippen LogP contribution in [-0.2, 0) is 11.3 Å². The van der Waals surface area contributed by atoms with E-state index in [4.69, 9.17) is 0 Å². The minimum absolute atomic E-state index is 0.247. The lowest BCUT2D eigenvalue weighted by Gasteiger charge is -2.26. The number of hydrogen-bond donors (Lipinski definition) is 2. The van der Waals surface area contributed by atoms with Gasteiger partial charge in [-0.3, -0.25) is 4.79 Å². The van der Waals surface area contributed by atoms with Crippen LogP contribution in [0.1, 0.15) is 34.8 Å². The standard InChI is InChI=1S/C31H29F2N3O3S/c1-31(30(38)39,13-16-40-2)35-29(37)27-12-3-21(18-28(27)23-6-10-26(33)11-7-23)17-24(19-36-15-14-34-20-36)22-4-8-25(32)9-5-22/h3-12,14-15,17-18,20H,13,16,19H2,1-2H3,(H,35,37)(H,38,39)/t31-/m1/s1. The van der Waals surface area contributed by atoms with Crippen LogP contribution in [0.3, 0.4) is 0 Å². The number of hydrogen-bond acceptors (Lipinski definition) is 4. The van der Waals surface area contributed by atoms with E-state index in [-0.39, 0.29) is 17.8 Å². The Balaban J connectivity index is 1.78. The monoisotopic (exact) mass is 561 g/mol. The quantitative estimate of drug-likeness (QED) is 0.207. The SMILES string of the molecule is CSCC[C@@](C)(NC(=O)c1ccc(C=C(Cn2ccnc2)c2ccc(F)cc2)cc1-c1ccc(F)cc1)C(=O)O. The topological polar surface area (TPSA) is 84.2 Å². The van der Waals surface area contributed by atoms with Gasteiger partial charge in [-0.1, -0.05) is 30.3 Å². The van der Waals surface area contributed by atoms with E-state index in [1.165, 1.54) is 43.0 Å². The Morgan fingerprint density at radius 1 is 1.05 bits per heavy atom. The number of nitrogens with one attached hydrogen (secondary N) is 1. The molecule has 0 fully saturated rings. The molecule has 6 nitrogen and oxygen atoms in total. The van der Waals surface area contributed by atoms with Gasteiger partial charge in [-0.05, 0) is 95.7 Å². The molecule has 4 aromatic rings. The Kier molecular flexibility index (Phi) is 9.16. The molecule has 0 saturated heterocycles. The first-order chi connectivity index (χ1) is 19.2. The van der Waals surface area contributed by atoms with Crippen molar-refractivity contribution in [3.63, 3.8) is 0 Å². The van der Waals surface area contributed by atoms with Crippen molar-refractivity contribution in [3.8, 4) is 11.1 Å². The number of carboxylic acids is 1. The van der Waals surface area contributed by atoms with Crippen LogP contribution in [0.5, 0.6) is 0 Å². The first kappa shape index (κ1) is 28.8. The third-order valence-corrected chi connectivity index (χ3v) is 7.19. The van der Waals surface area contributed by atoms with Gasteiger partial charge in [0, 0.05) is 24.5 Å². The lowest BCUT2D eigenvalue weighted by molar-refractivity contribution is -0.143. The summed E-state index contributed by atoms with van der Waals surface area (Å²) in [6.45, 7) is 1.95. The lowest BCUT2D eigenvalue weighted by atomic mass is 9.93. The van der Waals surface area contributed by atoms with Gasteiger partial charge in [0.15, 0.2) is 0 Å². The normalized spacial score (nSPS) is 13.1. The molecule has 4 rings (SSSR count). The van der Waals surface area contributed by atoms with Crippen molar-refractivity contribution >= 4 is 35.3 Å². The van der Waals surface area contributed by atoms with Crippen LogP contribution in [0.4, 0.5) is 8.78 Å². The molecule has 0 aliphatic rings. The van der Waals surface area contributed by atoms with Crippen molar-refractivity contribution in [2.24, 2.45) is 0 Å². The second-order valence-electron chi connectivity index (χ2n) is 9.56. The molecule has 1 aromatic heterocycles. The number of carbonyl (C=O) groups excluding carboxylic acids is 1. The number of thioether (sulfide) groups is 1. The summed E-state index contributed by atoms with van der Waals surface area (Å²) in [7, 11) is 0. The number of carboxylic acid groups (broad SMARTS) is 1. The Labute approximate surface area is 235 Å². The molecule has 0 aliphatic carbocycles. The van der Waals surface area contributed by atoms with E-state index in [9.17, 15) is 23.5 Å². The Morgan fingerprint density at radius 2 is 1.73 bits per heavy atom. The highest BCUT2D eigenvalue weighted by Crippen LogP contribution is 2.29. The average molecular weight is 562 g/mol. The second kappa shape index (κ2) is 12.7. The summed E-state index contributed by atoms with van der Waals surface area (Å²) < 4.78 is 29.3. The molecule has 1 heterocycles. The maximum atomic E-state index is 13.7. The minimum atomic E-state index is -1.46. The largest absolute Gasteiger partial charge is 0.480 e. The number of aromatic nitrogens is 2. The fraction of sp³-hybridized carbons (Fsp3) is 0.194. The predicted octanol–water partition coefficient (Wildman–Crippen LogP) is 6.40. The van der Waals surface area contributed by atoms with Gasteiger partial charge >= 0.3 is 5.97 Å². The third-order valence-electron chi connectivity index (χ3n) is 6.58. The highest BCUT2D eigenvalue weighted by molar-refractivity contribution is 7.98. The van der Waals surface area contributed by atoms with E-state index in [0.717, 1.165) is 16.7 Å². The van der Waals surface area contributed by atoms with Gasteiger partial charge in [0.05, 0.1) is 6.33 Å². The van der Waals surface area contributed by atoms with Crippen LogP contribution < -0.4 is 5.32 Å². The van der Waals surface area contributed by atoms with Gasteiger partial charge in [0.25, 0.3) is 5.91 Å². The van der Waals surface area contributed by atoms with Crippen molar-refractivity contribution in [3.05, 3.63) is 114 Å². The van der Waals surface area contributed by atoms with Gasteiger partial charge < -0.3 is 15.0 Å². The van der Waals surface area contributed by atoms with Crippen LogP contribution in [0.15, 0.2) is 85.5 Å². The van der Waals surface area contributed by atoms with Gasteiger partial charge in [-0.15, -0.1) is 0 Å². The molecule has 0 saturated carbocycles. The molecule has 0 radical (unpaired) electrons. The summed E-state index contributed by atoms with van der Waals surface area (Å²) in [5.41, 5.74) is 2.35. The van der Waals surface area contributed by atoms with E-state index in [2.05, 4.69) is 10.3 Å². The predicted molar refractivity (Wildman–Crippen MR) is 155 cm³/mol. The summed E-state index contributed by atoms with van der Waals surface area (Å²) in [6.07, 6.45) is 9.23. The zero-order valence-corrected chi connectivity index (χ0v) is 22.9. The molecule has 2 N–H and O–H groups in total. The van der Waals surface area contributed by atoms with E-state index >= 15 is 0 Å². The van der Waals surface area contributed by atoms with E-state index in [1.807, 2.05) is 23.1 Å². The number of halogens is 2. The van der Waals surface area contributed by atoms with E-state index in [1.54, 1.807) is 55.0 Å². The van der Waals surface area contributed by atoms with Crippen molar-refractivity contribution in [1.82, 2.24) is 14.9 Å². The van der Waals surface area contributed by atoms with Gasteiger partial charge in [-0.2, -0.15) is 11.8 Å². The number of carbonyl (C=O) groups is 2.